The summed E-state index contributed by atoms with van der Waals surface area (Å²) in [5, 5.41) is 0. The molecule has 2 aromatic heterocycles. The molecule has 3 rings (SSSR count). The Hall–Kier alpha value is -2.62. The Balaban J connectivity index is 1.73. The lowest BCUT2D eigenvalue weighted by Gasteiger charge is -2.05. The third-order valence-corrected chi connectivity index (χ3v) is 3.44. The molecule has 0 atom stereocenters. The maximum atomic E-state index is 5.67. The minimum Gasteiger partial charge on any atom is -0.494 e. The van der Waals surface area contributed by atoms with Crippen LogP contribution in [-0.4, -0.2) is 21.6 Å². The SMILES string of the molecule is CCCCOc1ccc(-c2ncc(-c3cccnc3)[nH]2)cc1. The van der Waals surface area contributed by atoms with Crippen molar-refractivity contribution in [2.75, 3.05) is 6.61 Å². The third kappa shape index (κ3) is 3.34. The van der Waals surface area contributed by atoms with Crippen LogP contribution in [0.25, 0.3) is 22.6 Å². The van der Waals surface area contributed by atoms with Gasteiger partial charge in [-0.05, 0) is 42.8 Å². The molecule has 22 heavy (non-hydrogen) atoms. The van der Waals surface area contributed by atoms with Gasteiger partial charge < -0.3 is 9.72 Å². The molecule has 0 aliphatic rings. The fourth-order valence-electron chi connectivity index (χ4n) is 2.18. The number of benzene rings is 1. The maximum Gasteiger partial charge on any atom is 0.137 e. The van der Waals surface area contributed by atoms with Crippen molar-refractivity contribution in [3.63, 3.8) is 0 Å². The fraction of sp³-hybridized carbons (Fsp3) is 0.222. The van der Waals surface area contributed by atoms with Crippen LogP contribution in [0, 0.1) is 0 Å². The van der Waals surface area contributed by atoms with Crippen molar-refractivity contribution < 1.29 is 4.74 Å². The number of hydrogen-bond acceptors (Lipinski definition) is 3. The Morgan fingerprint density at radius 2 is 1.91 bits per heavy atom. The van der Waals surface area contributed by atoms with E-state index in [1.807, 2.05) is 48.8 Å². The highest BCUT2D eigenvalue weighted by atomic mass is 16.5. The predicted molar refractivity (Wildman–Crippen MR) is 87.7 cm³/mol. The molecule has 0 fully saturated rings. The highest BCUT2D eigenvalue weighted by Gasteiger charge is 2.05. The number of hydrogen-bond donors (Lipinski definition) is 1. The van der Waals surface area contributed by atoms with Crippen LogP contribution in [0.4, 0.5) is 0 Å². The van der Waals surface area contributed by atoms with Crippen LogP contribution in [0.3, 0.4) is 0 Å². The van der Waals surface area contributed by atoms with Gasteiger partial charge in [0, 0.05) is 23.5 Å². The molecule has 0 aliphatic carbocycles. The Labute approximate surface area is 130 Å². The molecule has 4 heteroatoms. The summed E-state index contributed by atoms with van der Waals surface area (Å²) in [6, 6.07) is 11.9. The standard InChI is InChI=1S/C18H19N3O/c1-2-3-11-22-16-8-6-14(7-9-16)18-20-13-17(21-18)15-5-4-10-19-12-15/h4-10,12-13H,2-3,11H2,1H3,(H,20,21). The van der Waals surface area contributed by atoms with Crippen molar-refractivity contribution >= 4 is 0 Å². The number of H-pyrrole nitrogens is 1. The molecule has 0 saturated heterocycles. The second-order valence-electron chi connectivity index (χ2n) is 5.11. The van der Waals surface area contributed by atoms with E-state index in [1.165, 1.54) is 0 Å². The minimum atomic E-state index is 0.766. The number of nitrogens with zero attached hydrogens (tertiary/aromatic N) is 2. The Morgan fingerprint density at radius 1 is 1.05 bits per heavy atom. The number of unbranched alkanes of at least 4 members (excludes halogenated alkanes) is 1. The van der Waals surface area contributed by atoms with Gasteiger partial charge >= 0.3 is 0 Å². The molecule has 3 aromatic rings. The first kappa shape index (κ1) is 14.3. The molecule has 4 nitrogen and oxygen atoms in total. The number of nitrogens with one attached hydrogen (secondary N) is 1. The molecule has 0 aliphatic heterocycles. The summed E-state index contributed by atoms with van der Waals surface area (Å²) in [6.45, 7) is 2.92. The van der Waals surface area contributed by atoms with E-state index < -0.39 is 0 Å². The van der Waals surface area contributed by atoms with E-state index >= 15 is 0 Å². The van der Waals surface area contributed by atoms with E-state index in [0.29, 0.717) is 0 Å². The quantitative estimate of drug-likeness (QED) is 0.689. The lowest BCUT2D eigenvalue weighted by atomic mass is 10.2. The van der Waals surface area contributed by atoms with Gasteiger partial charge in [0.2, 0.25) is 0 Å². The summed E-state index contributed by atoms with van der Waals surface area (Å²) >= 11 is 0. The highest BCUT2D eigenvalue weighted by molar-refractivity contribution is 5.64. The smallest absolute Gasteiger partial charge is 0.137 e. The summed E-state index contributed by atoms with van der Waals surface area (Å²) in [5.74, 6) is 1.75. The van der Waals surface area contributed by atoms with E-state index in [0.717, 1.165) is 47.8 Å². The van der Waals surface area contributed by atoms with E-state index in [9.17, 15) is 0 Å². The van der Waals surface area contributed by atoms with Crippen LogP contribution in [-0.2, 0) is 0 Å². The van der Waals surface area contributed by atoms with Gasteiger partial charge in [-0.15, -0.1) is 0 Å². The molecule has 2 heterocycles. The van der Waals surface area contributed by atoms with Gasteiger partial charge in [-0.25, -0.2) is 4.98 Å². The van der Waals surface area contributed by atoms with Crippen LogP contribution in [0.15, 0.2) is 55.0 Å². The van der Waals surface area contributed by atoms with E-state index in [2.05, 4.69) is 21.9 Å². The van der Waals surface area contributed by atoms with Gasteiger partial charge in [0.05, 0.1) is 18.5 Å². The van der Waals surface area contributed by atoms with Gasteiger partial charge in [-0.1, -0.05) is 13.3 Å². The summed E-state index contributed by atoms with van der Waals surface area (Å²) in [4.78, 5) is 11.9. The van der Waals surface area contributed by atoms with Crippen molar-refractivity contribution in [3.05, 3.63) is 55.0 Å². The molecule has 0 bridgehead atoms. The van der Waals surface area contributed by atoms with Crippen LogP contribution >= 0.6 is 0 Å². The Bertz CT molecular complexity index is 705. The molecule has 0 saturated carbocycles. The van der Waals surface area contributed by atoms with E-state index in [4.69, 9.17) is 4.74 Å². The zero-order valence-electron chi connectivity index (χ0n) is 12.6. The van der Waals surface area contributed by atoms with Crippen molar-refractivity contribution in [2.24, 2.45) is 0 Å². The summed E-state index contributed by atoms with van der Waals surface area (Å²) in [5.41, 5.74) is 3.03. The Morgan fingerprint density at radius 3 is 2.64 bits per heavy atom. The highest BCUT2D eigenvalue weighted by Crippen LogP contribution is 2.23. The monoisotopic (exact) mass is 293 g/mol. The van der Waals surface area contributed by atoms with Crippen LogP contribution in [0.5, 0.6) is 5.75 Å². The van der Waals surface area contributed by atoms with Crippen molar-refractivity contribution in [1.29, 1.82) is 0 Å². The molecule has 112 valence electrons. The largest absolute Gasteiger partial charge is 0.494 e. The zero-order valence-corrected chi connectivity index (χ0v) is 12.6. The molecule has 1 aromatic carbocycles. The van der Waals surface area contributed by atoms with Crippen LogP contribution in [0.1, 0.15) is 19.8 Å². The third-order valence-electron chi connectivity index (χ3n) is 3.44. The fourth-order valence-corrected chi connectivity index (χ4v) is 2.18. The first-order valence-electron chi connectivity index (χ1n) is 7.55. The average Bonchev–Trinajstić information content (AvgIpc) is 3.07. The topological polar surface area (TPSA) is 50.8 Å². The minimum absolute atomic E-state index is 0.766. The first-order chi connectivity index (χ1) is 10.9. The first-order valence-corrected chi connectivity index (χ1v) is 7.55. The van der Waals surface area contributed by atoms with Gasteiger partial charge in [-0.3, -0.25) is 4.98 Å². The molecule has 0 unspecified atom stereocenters. The number of imidazole rings is 1. The predicted octanol–water partition coefficient (Wildman–Crippen LogP) is 4.32. The number of aromatic amines is 1. The molecular formula is C18H19N3O. The normalized spacial score (nSPS) is 10.6. The van der Waals surface area contributed by atoms with Gasteiger partial charge in [0.25, 0.3) is 0 Å². The molecule has 1 N–H and O–H groups in total. The van der Waals surface area contributed by atoms with E-state index in [1.54, 1.807) is 6.20 Å². The molecule has 0 radical (unpaired) electrons. The summed E-state index contributed by atoms with van der Waals surface area (Å²) in [7, 11) is 0. The summed E-state index contributed by atoms with van der Waals surface area (Å²) in [6.07, 6.45) is 7.63. The molecule has 0 spiro atoms. The number of pyridine rings is 1. The van der Waals surface area contributed by atoms with E-state index in [-0.39, 0.29) is 0 Å². The maximum absolute atomic E-state index is 5.67. The van der Waals surface area contributed by atoms with Gasteiger partial charge in [0.1, 0.15) is 11.6 Å². The van der Waals surface area contributed by atoms with Crippen molar-refractivity contribution in [1.82, 2.24) is 15.0 Å². The van der Waals surface area contributed by atoms with Crippen molar-refractivity contribution in [2.45, 2.75) is 19.8 Å². The average molecular weight is 293 g/mol. The van der Waals surface area contributed by atoms with Crippen LogP contribution in [0.2, 0.25) is 0 Å². The van der Waals surface area contributed by atoms with Crippen LogP contribution < -0.4 is 4.74 Å². The van der Waals surface area contributed by atoms with Gasteiger partial charge in [0.15, 0.2) is 0 Å². The molecule has 0 amide bonds. The Kier molecular flexibility index (Phi) is 4.49. The number of rotatable bonds is 6. The number of aromatic nitrogens is 3. The number of ether oxygens (including phenoxy) is 1. The lowest BCUT2D eigenvalue weighted by Crippen LogP contribution is -1.96. The summed E-state index contributed by atoms with van der Waals surface area (Å²) < 4.78 is 5.67. The second kappa shape index (κ2) is 6.89. The lowest BCUT2D eigenvalue weighted by molar-refractivity contribution is 0.309. The van der Waals surface area contributed by atoms with Crippen molar-refractivity contribution in [3.8, 4) is 28.4 Å². The van der Waals surface area contributed by atoms with Gasteiger partial charge in [-0.2, -0.15) is 0 Å². The second-order valence-corrected chi connectivity index (χ2v) is 5.11. The zero-order chi connectivity index (χ0) is 15.2. The molecular weight excluding hydrogens is 274 g/mol.